The Balaban J connectivity index is 2.89. The van der Waals surface area contributed by atoms with Crippen LogP contribution in [0.3, 0.4) is 0 Å². The van der Waals surface area contributed by atoms with Gasteiger partial charge in [-0.3, -0.25) is 5.01 Å². The third kappa shape index (κ3) is 4.38. The first-order chi connectivity index (χ1) is 9.49. The van der Waals surface area contributed by atoms with Gasteiger partial charge in [0.2, 0.25) is 0 Å². The lowest BCUT2D eigenvalue weighted by Crippen LogP contribution is -2.42. The van der Waals surface area contributed by atoms with Gasteiger partial charge in [-0.15, -0.1) is 6.42 Å². The Bertz CT molecular complexity index is 526. The normalized spacial score (nSPS) is 9.75. The molecule has 5 nitrogen and oxygen atoms in total. The highest BCUT2D eigenvalue weighted by molar-refractivity contribution is 7.80. The van der Waals surface area contributed by atoms with Crippen LogP contribution < -0.4 is 15.9 Å². The summed E-state index contributed by atoms with van der Waals surface area (Å²) in [6.07, 6.45) is 5.19. The van der Waals surface area contributed by atoms with Crippen LogP contribution in [0.1, 0.15) is 11.1 Å². The molecule has 0 aliphatic rings. The fourth-order valence-corrected chi connectivity index (χ4v) is 1.84. The number of aliphatic hydroxyl groups is 1. The van der Waals surface area contributed by atoms with Crippen molar-refractivity contribution in [2.75, 3.05) is 25.1 Å². The third-order valence-electron chi connectivity index (χ3n) is 2.68. The predicted octanol–water partition coefficient (Wildman–Crippen LogP) is 1.18. The highest BCUT2D eigenvalue weighted by Gasteiger charge is 2.09. The van der Waals surface area contributed by atoms with Gasteiger partial charge in [-0.2, -0.15) is 0 Å². The Labute approximate surface area is 124 Å². The smallest absolute Gasteiger partial charge is 0.187 e. The Kier molecular flexibility index (Phi) is 6.25. The van der Waals surface area contributed by atoms with Gasteiger partial charge in [-0.25, -0.2) is 5.84 Å². The van der Waals surface area contributed by atoms with E-state index in [9.17, 15) is 0 Å². The molecule has 0 aliphatic carbocycles. The van der Waals surface area contributed by atoms with Crippen molar-refractivity contribution in [3.63, 3.8) is 0 Å². The summed E-state index contributed by atoms with van der Waals surface area (Å²) in [4.78, 5) is 0. The molecule has 0 spiro atoms. The molecule has 0 unspecified atom stereocenters. The van der Waals surface area contributed by atoms with E-state index in [4.69, 9.17) is 34.3 Å². The summed E-state index contributed by atoms with van der Waals surface area (Å²) in [5.74, 6) is 8.81. The van der Waals surface area contributed by atoms with Crippen molar-refractivity contribution in [1.29, 1.82) is 0 Å². The van der Waals surface area contributed by atoms with Crippen LogP contribution in [0.15, 0.2) is 12.1 Å². The fourth-order valence-electron chi connectivity index (χ4n) is 1.64. The SMILES string of the molecule is C#CCOc1cc(NC(=S)N(N)CCO)c(C)cc1C. The minimum Gasteiger partial charge on any atom is -0.481 e. The number of aliphatic hydroxyl groups excluding tert-OH is 1. The maximum absolute atomic E-state index is 8.84. The first-order valence-electron chi connectivity index (χ1n) is 6.11. The summed E-state index contributed by atoms with van der Waals surface area (Å²) >= 11 is 5.15. The van der Waals surface area contributed by atoms with Gasteiger partial charge in [0.05, 0.1) is 13.2 Å². The number of hydrogen-bond acceptors (Lipinski definition) is 4. The summed E-state index contributed by atoms with van der Waals surface area (Å²) in [5.41, 5.74) is 2.80. The molecule has 1 rings (SSSR count). The van der Waals surface area contributed by atoms with Crippen molar-refractivity contribution >= 4 is 23.0 Å². The predicted molar refractivity (Wildman–Crippen MR) is 84.4 cm³/mol. The van der Waals surface area contributed by atoms with E-state index >= 15 is 0 Å². The number of hydrogen-bond donors (Lipinski definition) is 3. The number of nitrogens with two attached hydrogens (primary N) is 1. The number of rotatable bonds is 5. The quantitative estimate of drug-likeness (QED) is 0.328. The van der Waals surface area contributed by atoms with Gasteiger partial charge >= 0.3 is 0 Å². The summed E-state index contributed by atoms with van der Waals surface area (Å²) in [5, 5.41) is 13.5. The molecule has 0 radical (unpaired) electrons. The van der Waals surface area contributed by atoms with Crippen LogP contribution in [0.25, 0.3) is 0 Å². The molecule has 108 valence electrons. The van der Waals surface area contributed by atoms with E-state index in [1.165, 1.54) is 5.01 Å². The largest absolute Gasteiger partial charge is 0.481 e. The number of terminal acetylenes is 1. The Morgan fingerprint density at radius 3 is 2.80 bits per heavy atom. The number of anilines is 1. The monoisotopic (exact) mass is 293 g/mol. The molecule has 0 atom stereocenters. The molecule has 4 N–H and O–H groups in total. The molecule has 0 bridgehead atoms. The fraction of sp³-hybridized carbons (Fsp3) is 0.357. The maximum Gasteiger partial charge on any atom is 0.187 e. The number of ether oxygens (including phenoxy) is 1. The highest BCUT2D eigenvalue weighted by Crippen LogP contribution is 2.26. The van der Waals surface area contributed by atoms with Gasteiger partial charge < -0.3 is 15.2 Å². The molecule has 1 aromatic rings. The summed E-state index contributed by atoms with van der Waals surface area (Å²) in [6, 6.07) is 3.81. The molecular formula is C14H19N3O2S. The van der Waals surface area contributed by atoms with Gasteiger partial charge in [-0.05, 0) is 37.2 Å². The molecule has 6 heteroatoms. The topological polar surface area (TPSA) is 70.8 Å². The molecule has 0 amide bonds. The first-order valence-corrected chi connectivity index (χ1v) is 6.52. The van der Waals surface area contributed by atoms with Crippen LogP contribution in [-0.2, 0) is 0 Å². The average molecular weight is 293 g/mol. The zero-order valence-electron chi connectivity index (χ0n) is 11.6. The van der Waals surface area contributed by atoms with Crippen LogP contribution in [0.4, 0.5) is 5.69 Å². The van der Waals surface area contributed by atoms with Gasteiger partial charge in [0.25, 0.3) is 0 Å². The van der Waals surface area contributed by atoms with Crippen molar-refractivity contribution < 1.29 is 9.84 Å². The standard InChI is InChI=1S/C14H19N3O2S/c1-4-7-19-13-9-12(10(2)8-11(13)3)16-14(20)17(15)5-6-18/h1,8-9,18H,5-7,15H2,2-3H3,(H,16,20). The zero-order chi connectivity index (χ0) is 15.1. The van der Waals surface area contributed by atoms with Gasteiger partial charge in [0, 0.05) is 11.8 Å². The lowest BCUT2D eigenvalue weighted by Gasteiger charge is -2.21. The molecule has 0 fully saturated rings. The number of nitrogens with zero attached hydrogens (tertiary/aromatic N) is 1. The average Bonchev–Trinajstić information content (AvgIpc) is 2.40. The second kappa shape index (κ2) is 7.70. The van der Waals surface area contributed by atoms with Crippen LogP contribution in [0, 0.1) is 26.2 Å². The minimum atomic E-state index is -0.0677. The lowest BCUT2D eigenvalue weighted by molar-refractivity contribution is 0.253. The number of nitrogens with one attached hydrogen (secondary N) is 1. The van der Waals surface area contributed by atoms with Crippen LogP contribution in [0.5, 0.6) is 5.75 Å². The number of aryl methyl sites for hydroxylation is 2. The van der Waals surface area contributed by atoms with E-state index in [1.807, 2.05) is 26.0 Å². The molecule has 0 heterocycles. The molecule has 0 aromatic heterocycles. The minimum absolute atomic E-state index is 0.0677. The number of benzene rings is 1. The summed E-state index contributed by atoms with van der Waals surface area (Å²) in [7, 11) is 0. The molecule has 0 saturated carbocycles. The Hall–Kier alpha value is -1.81. The van der Waals surface area contributed by atoms with Crippen molar-refractivity contribution in [2.24, 2.45) is 5.84 Å². The third-order valence-corrected chi connectivity index (χ3v) is 3.01. The van der Waals surface area contributed by atoms with Gasteiger partial charge in [0.15, 0.2) is 5.11 Å². The van der Waals surface area contributed by atoms with Crippen molar-refractivity contribution in [1.82, 2.24) is 5.01 Å². The van der Waals surface area contributed by atoms with Gasteiger partial charge in [0.1, 0.15) is 12.4 Å². The lowest BCUT2D eigenvalue weighted by atomic mass is 10.1. The second-order valence-electron chi connectivity index (χ2n) is 4.27. The molecule has 0 saturated heterocycles. The van der Waals surface area contributed by atoms with E-state index in [0.717, 1.165) is 16.8 Å². The van der Waals surface area contributed by atoms with E-state index in [2.05, 4.69) is 11.2 Å². The van der Waals surface area contributed by atoms with Crippen molar-refractivity contribution in [3.05, 3.63) is 23.3 Å². The van der Waals surface area contributed by atoms with Crippen LogP contribution in [0.2, 0.25) is 0 Å². The van der Waals surface area contributed by atoms with E-state index in [1.54, 1.807) is 0 Å². The molecule has 0 aliphatic heterocycles. The number of thiocarbonyl (C=S) groups is 1. The highest BCUT2D eigenvalue weighted by atomic mass is 32.1. The Morgan fingerprint density at radius 1 is 1.50 bits per heavy atom. The first kappa shape index (κ1) is 16.2. The molecule has 20 heavy (non-hydrogen) atoms. The van der Waals surface area contributed by atoms with E-state index < -0.39 is 0 Å². The summed E-state index contributed by atoms with van der Waals surface area (Å²) in [6.45, 7) is 4.30. The van der Waals surface area contributed by atoms with Crippen molar-refractivity contribution in [3.8, 4) is 18.1 Å². The van der Waals surface area contributed by atoms with E-state index in [-0.39, 0.29) is 19.8 Å². The van der Waals surface area contributed by atoms with Gasteiger partial charge in [-0.1, -0.05) is 12.0 Å². The van der Waals surface area contributed by atoms with Crippen LogP contribution >= 0.6 is 12.2 Å². The molecule has 1 aromatic carbocycles. The molecular weight excluding hydrogens is 274 g/mol. The second-order valence-corrected chi connectivity index (χ2v) is 4.66. The zero-order valence-corrected chi connectivity index (χ0v) is 12.5. The van der Waals surface area contributed by atoms with E-state index in [0.29, 0.717) is 10.9 Å². The Morgan fingerprint density at radius 2 is 2.20 bits per heavy atom. The van der Waals surface area contributed by atoms with Crippen LogP contribution in [-0.4, -0.2) is 35.0 Å². The van der Waals surface area contributed by atoms with Crippen molar-refractivity contribution in [2.45, 2.75) is 13.8 Å². The summed E-state index contributed by atoms with van der Waals surface area (Å²) < 4.78 is 5.47. The number of hydrazine groups is 1. The maximum atomic E-state index is 8.84.